The van der Waals surface area contributed by atoms with E-state index < -0.39 is 23.5 Å². The van der Waals surface area contributed by atoms with Crippen molar-refractivity contribution in [3.63, 3.8) is 0 Å². The highest BCUT2D eigenvalue weighted by Crippen LogP contribution is 2.23. The zero-order valence-electron chi connectivity index (χ0n) is 9.88. The number of rotatable bonds is 2. The van der Waals surface area contributed by atoms with E-state index in [9.17, 15) is 18.0 Å². The molecule has 0 unspecified atom stereocenters. The molecule has 0 aromatic heterocycles. The van der Waals surface area contributed by atoms with Crippen LogP contribution in [0.5, 0.6) is 0 Å². The van der Waals surface area contributed by atoms with Crippen molar-refractivity contribution in [1.29, 1.82) is 0 Å². The lowest BCUT2D eigenvalue weighted by Crippen LogP contribution is -2.20. The highest BCUT2D eigenvalue weighted by Gasteiger charge is 2.10. The quantitative estimate of drug-likeness (QED) is 0.848. The van der Waals surface area contributed by atoms with Gasteiger partial charge in [0.25, 0.3) is 0 Å². The third kappa shape index (κ3) is 3.42. The molecule has 2 aromatic rings. The lowest BCUT2D eigenvalue weighted by atomic mass is 10.3. The molecule has 0 aliphatic heterocycles. The smallest absolute Gasteiger partial charge is 0.306 e. The van der Waals surface area contributed by atoms with Crippen LogP contribution >= 0.6 is 11.6 Å². The van der Waals surface area contributed by atoms with Crippen LogP contribution in [-0.2, 0) is 0 Å². The number of amides is 2. The fourth-order valence-electron chi connectivity index (χ4n) is 1.46. The van der Waals surface area contributed by atoms with E-state index in [4.69, 9.17) is 11.6 Å². The van der Waals surface area contributed by atoms with E-state index in [1.165, 1.54) is 6.07 Å². The minimum absolute atomic E-state index is 0.0140. The second kappa shape index (κ2) is 5.83. The van der Waals surface area contributed by atoms with Crippen LogP contribution in [0.1, 0.15) is 0 Å². The normalized spacial score (nSPS) is 10.2. The first-order chi connectivity index (χ1) is 9.45. The van der Waals surface area contributed by atoms with Crippen molar-refractivity contribution in [2.45, 2.75) is 0 Å². The Labute approximate surface area is 117 Å². The number of carbonyl (C=O) groups is 1. The van der Waals surface area contributed by atoms with Crippen LogP contribution in [0.4, 0.5) is 29.3 Å². The summed E-state index contributed by atoms with van der Waals surface area (Å²) in [5, 5.41) is 4.40. The molecule has 0 aliphatic rings. The summed E-state index contributed by atoms with van der Waals surface area (Å²) in [4.78, 5) is 11.6. The van der Waals surface area contributed by atoms with Gasteiger partial charge in [0.2, 0.25) is 0 Å². The van der Waals surface area contributed by atoms with E-state index in [0.717, 1.165) is 30.3 Å². The minimum atomic E-state index is -0.831. The molecule has 0 aliphatic carbocycles. The Hall–Kier alpha value is -2.21. The molecule has 2 N–H and O–H groups in total. The van der Waals surface area contributed by atoms with E-state index in [1.807, 2.05) is 0 Å². The van der Waals surface area contributed by atoms with Gasteiger partial charge in [-0.3, -0.25) is 0 Å². The van der Waals surface area contributed by atoms with Crippen LogP contribution in [-0.4, -0.2) is 6.03 Å². The number of nitrogens with one attached hydrogen (secondary N) is 2. The number of hydrogen-bond acceptors (Lipinski definition) is 1. The predicted molar refractivity (Wildman–Crippen MR) is 70.4 cm³/mol. The fraction of sp³-hybridized carbons (Fsp3) is 0. The summed E-state index contributed by atoms with van der Waals surface area (Å²) in [5.74, 6) is -2.04. The summed E-state index contributed by atoms with van der Waals surface area (Å²) < 4.78 is 39.1. The molecular formula is C13H8ClF3N2O. The third-order valence-electron chi connectivity index (χ3n) is 2.36. The first-order valence-corrected chi connectivity index (χ1v) is 5.81. The number of hydrogen-bond donors (Lipinski definition) is 2. The zero-order chi connectivity index (χ0) is 14.7. The summed E-state index contributed by atoms with van der Waals surface area (Å²) >= 11 is 5.72. The summed E-state index contributed by atoms with van der Waals surface area (Å²) in [5.41, 5.74) is -0.178. The van der Waals surface area contributed by atoms with Crippen LogP contribution in [0.25, 0.3) is 0 Å². The van der Waals surface area contributed by atoms with Crippen molar-refractivity contribution in [3.8, 4) is 0 Å². The van der Waals surface area contributed by atoms with Crippen LogP contribution in [0, 0.1) is 17.5 Å². The molecule has 0 radical (unpaired) electrons. The Kier molecular flexibility index (Phi) is 4.14. The SMILES string of the molecule is O=C(Nc1cc(F)ccc1F)Nc1ccc(F)cc1Cl. The van der Waals surface area contributed by atoms with Crippen LogP contribution in [0.3, 0.4) is 0 Å². The number of benzene rings is 2. The van der Waals surface area contributed by atoms with Crippen molar-refractivity contribution in [1.82, 2.24) is 0 Å². The molecule has 0 spiro atoms. The molecule has 0 bridgehead atoms. The van der Waals surface area contributed by atoms with Crippen molar-refractivity contribution in [2.75, 3.05) is 10.6 Å². The van der Waals surface area contributed by atoms with E-state index in [-0.39, 0.29) is 16.4 Å². The maximum Gasteiger partial charge on any atom is 0.323 e. The average Bonchev–Trinajstić information content (AvgIpc) is 2.37. The second-order valence-corrected chi connectivity index (χ2v) is 4.23. The molecule has 0 atom stereocenters. The lowest BCUT2D eigenvalue weighted by molar-refractivity contribution is 0.262. The van der Waals surface area contributed by atoms with Crippen molar-refractivity contribution < 1.29 is 18.0 Å². The highest BCUT2D eigenvalue weighted by atomic mass is 35.5. The number of halogens is 4. The lowest BCUT2D eigenvalue weighted by Gasteiger charge is -2.09. The Bertz CT molecular complexity index is 664. The largest absolute Gasteiger partial charge is 0.323 e. The van der Waals surface area contributed by atoms with Gasteiger partial charge in [0, 0.05) is 6.07 Å². The van der Waals surface area contributed by atoms with Gasteiger partial charge in [-0.2, -0.15) is 0 Å². The van der Waals surface area contributed by atoms with Gasteiger partial charge in [-0.1, -0.05) is 11.6 Å². The summed E-state index contributed by atoms with van der Waals surface area (Å²) in [6.45, 7) is 0. The minimum Gasteiger partial charge on any atom is -0.306 e. The number of urea groups is 1. The molecular weight excluding hydrogens is 293 g/mol. The van der Waals surface area contributed by atoms with Gasteiger partial charge in [0.15, 0.2) is 0 Å². The zero-order valence-corrected chi connectivity index (χ0v) is 10.6. The molecule has 0 fully saturated rings. The van der Waals surface area contributed by atoms with Gasteiger partial charge in [0.1, 0.15) is 17.5 Å². The molecule has 2 amide bonds. The van der Waals surface area contributed by atoms with Crippen molar-refractivity contribution >= 4 is 29.0 Å². The van der Waals surface area contributed by atoms with E-state index in [1.54, 1.807) is 0 Å². The van der Waals surface area contributed by atoms with Gasteiger partial charge in [-0.05, 0) is 30.3 Å². The second-order valence-electron chi connectivity index (χ2n) is 3.83. The van der Waals surface area contributed by atoms with Crippen LogP contribution < -0.4 is 10.6 Å². The first-order valence-electron chi connectivity index (χ1n) is 5.44. The molecule has 3 nitrogen and oxygen atoms in total. The van der Waals surface area contributed by atoms with Crippen molar-refractivity contribution in [3.05, 3.63) is 58.9 Å². The van der Waals surface area contributed by atoms with Crippen LogP contribution in [0.15, 0.2) is 36.4 Å². The van der Waals surface area contributed by atoms with Crippen LogP contribution in [0.2, 0.25) is 5.02 Å². The molecule has 7 heteroatoms. The monoisotopic (exact) mass is 300 g/mol. The molecule has 0 heterocycles. The third-order valence-corrected chi connectivity index (χ3v) is 2.67. The van der Waals surface area contributed by atoms with Crippen molar-refractivity contribution in [2.24, 2.45) is 0 Å². The summed E-state index contributed by atoms with van der Waals surface area (Å²) in [7, 11) is 0. The Balaban J connectivity index is 2.11. The Morgan fingerprint density at radius 3 is 2.20 bits per heavy atom. The number of anilines is 2. The standard InChI is InChI=1S/C13H8ClF3N2O/c14-9-5-7(15)2-4-11(9)18-13(20)19-12-6-8(16)1-3-10(12)17/h1-6H,(H2,18,19,20). The first kappa shape index (κ1) is 14.2. The fourth-order valence-corrected chi connectivity index (χ4v) is 1.67. The summed E-state index contributed by atoms with van der Waals surface area (Å²) in [6.07, 6.45) is 0. The number of carbonyl (C=O) groups excluding carboxylic acids is 1. The topological polar surface area (TPSA) is 41.1 Å². The molecule has 2 aromatic carbocycles. The maximum atomic E-state index is 13.3. The predicted octanol–water partition coefficient (Wildman–Crippen LogP) is 4.40. The van der Waals surface area contributed by atoms with E-state index in [2.05, 4.69) is 10.6 Å². The Morgan fingerprint density at radius 2 is 1.50 bits per heavy atom. The van der Waals surface area contributed by atoms with Gasteiger partial charge >= 0.3 is 6.03 Å². The molecule has 104 valence electrons. The van der Waals surface area contributed by atoms with Gasteiger partial charge in [-0.15, -0.1) is 0 Å². The van der Waals surface area contributed by atoms with Gasteiger partial charge < -0.3 is 10.6 Å². The van der Waals surface area contributed by atoms with Gasteiger partial charge in [0.05, 0.1) is 16.4 Å². The van der Waals surface area contributed by atoms with E-state index in [0.29, 0.717) is 0 Å². The molecule has 2 rings (SSSR count). The summed E-state index contributed by atoms with van der Waals surface area (Å²) in [6, 6.07) is 5.18. The molecule has 20 heavy (non-hydrogen) atoms. The van der Waals surface area contributed by atoms with E-state index >= 15 is 0 Å². The van der Waals surface area contributed by atoms with Gasteiger partial charge in [-0.25, -0.2) is 18.0 Å². The molecule has 0 saturated heterocycles. The maximum absolute atomic E-state index is 13.3. The molecule has 0 saturated carbocycles. The Morgan fingerprint density at radius 1 is 0.900 bits per heavy atom. The average molecular weight is 301 g/mol. The highest BCUT2D eigenvalue weighted by molar-refractivity contribution is 6.33.